The van der Waals surface area contributed by atoms with Crippen molar-refractivity contribution in [3.63, 3.8) is 0 Å². The summed E-state index contributed by atoms with van der Waals surface area (Å²) in [6.45, 7) is 3.86. The molecule has 3 fully saturated rings. The lowest BCUT2D eigenvalue weighted by Gasteiger charge is -2.45. The van der Waals surface area contributed by atoms with Crippen molar-refractivity contribution in [1.82, 2.24) is 15.8 Å². The number of piperidine rings is 3. The van der Waals surface area contributed by atoms with E-state index in [2.05, 4.69) is 40.0 Å². The highest BCUT2D eigenvalue weighted by Crippen LogP contribution is 2.30. The van der Waals surface area contributed by atoms with Gasteiger partial charge in [-0.3, -0.25) is 10.9 Å². The van der Waals surface area contributed by atoms with E-state index in [0.29, 0.717) is 12.1 Å². The molecule has 3 heteroatoms. The van der Waals surface area contributed by atoms with Crippen LogP contribution in [0.5, 0.6) is 0 Å². The summed E-state index contributed by atoms with van der Waals surface area (Å²) in [7, 11) is 0. The Labute approximate surface area is 121 Å². The highest BCUT2D eigenvalue weighted by Gasteiger charge is 2.34. The summed E-state index contributed by atoms with van der Waals surface area (Å²) in [5.41, 5.74) is 10.4. The first kappa shape index (κ1) is 12.8. The third-order valence-electron chi connectivity index (χ3n) is 5.47. The van der Waals surface area contributed by atoms with E-state index in [-0.39, 0.29) is 0 Å². The summed E-state index contributed by atoms with van der Waals surface area (Å²) < 4.78 is 0. The molecule has 0 radical (unpaired) electrons. The molecule has 0 saturated carbocycles. The molecule has 1 aliphatic carbocycles. The zero-order valence-electron chi connectivity index (χ0n) is 12.1. The fourth-order valence-corrected chi connectivity index (χ4v) is 4.24. The third-order valence-corrected chi connectivity index (χ3v) is 5.47. The number of nitrogens with one attached hydrogen (secondary N) is 2. The standard InChI is InChI=1S/C17H25N3/c1-2-6-15-13(4-1)5-3-7-16(15)18-19-17-12-20-10-8-14(17)9-11-20/h1-2,4,6,14,16-19H,3,5,7-12H2/t16-,17?/m1/s1. The van der Waals surface area contributed by atoms with E-state index < -0.39 is 0 Å². The average Bonchev–Trinajstić information content (AvgIpc) is 2.54. The fourth-order valence-electron chi connectivity index (χ4n) is 4.24. The zero-order valence-corrected chi connectivity index (χ0v) is 12.1. The number of hydrogen-bond donors (Lipinski definition) is 2. The van der Waals surface area contributed by atoms with Gasteiger partial charge < -0.3 is 4.90 Å². The van der Waals surface area contributed by atoms with Crippen molar-refractivity contribution >= 4 is 0 Å². The number of fused-ring (bicyclic) bond motifs is 4. The first-order chi connectivity index (χ1) is 9.90. The van der Waals surface area contributed by atoms with Gasteiger partial charge in [-0.05, 0) is 62.2 Å². The molecule has 3 nitrogen and oxygen atoms in total. The van der Waals surface area contributed by atoms with Crippen LogP contribution < -0.4 is 10.9 Å². The normalized spacial score (nSPS) is 35.8. The second kappa shape index (κ2) is 5.47. The molecule has 4 aliphatic rings. The summed E-state index contributed by atoms with van der Waals surface area (Å²) in [6.07, 6.45) is 6.55. The first-order valence-corrected chi connectivity index (χ1v) is 8.21. The number of hydrazine groups is 1. The van der Waals surface area contributed by atoms with Crippen LogP contribution in [0.3, 0.4) is 0 Å². The zero-order chi connectivity index (χ0) is 13.4. The molecule has 5 rings (SSSR count). The minimum absolute atomic E-state index is 0.496. The molecule has 0 amide bonds. The van der Waals surface area contributed by atoms with Crippen LogP contribution in [0, 0.1) is 5.92 Å². The topological polar surface area (TPSA) is 27.3 Å². The van der Waals surface area contributed by atoms with Crippen molar-refractivity contribution in [1.29, 1.82) is 0 Å². The maximum absolute atomic E-state index is 3.67. The Bertz CT molecular complexity index is 465. The van der Waals surface area contributed by atoms with Crippen molar-refractivity contribution < 1.29 is 0 Å². The molecular formula is C17H25N3. The molecule has 3 heterocycles. The minimum atomic E-state index is 0.496. The van der Waals surface area contributed by atoms with E-state index in [9.17, 15) is 0 Å². The summed E-state index contributed by atoms with van der Waals surface area (Å²) in [5, 5.41) is 0. The molecule has 0 aromatic heterocycles. The van der Waals surface area contributed by atoms with Crippen LogP contribution in [0.4, 0.5) is 0 Å². The van der Waals surface area contributed by atoms with Gasteiger partial charge in [-0.25, -0.2) is 0 Å². The monoisotopic (exact) mass is 271 g/mol. The summed E-state index contributed by atoms with van der Waals surface area (Å²) in [6, 6.07) is 10.1. The van der Waals surface area contributed by atoms with E-state index in [0.717, 1.165) is 5.92 Å². The van der Waals surface area contributed by atoms with Crippen molar-refractivity contribution in [3.8, 4) is 0 Å². The lowest BCUT2D eigenvalue weighted by Crippen LogP contribution is -2.59. The highest BCUT2D eigenvalue weighted by atomic mass is 15.4. The second-order valence-electron chi connectivity index (χ2n) is 6.68. The van der Waals surface area contributed by atoms with Crippen LogP contribution in [-0.2, 0) is 6.42 Å². The van der Waals surface area contributed by atoms with Gasteiger partial charge in [0.05, 0.1) is 0 Å². The molecule has 3 saturated heterocycles. The van der Waals surface area contributed by atoms with Crippen molar-refractivity contribution in [3.05, 3.63) is 35.4 Å². The van der Waals surface area contributed by atoms with Crippen LogP contribution in [0.15, 0.2) is 24.3 Å². The molecule has 1 aromatic carbocycles. The summed E-state index contributed by atoms with van der Waals surface area (Å²) in [5.74, 6) is 0.881. The van der Waals surface area contributed by atoms with Gasteiger partial charge in [0.2, 0.25) is 0 Å². The largest absolute Gasteiger partial charge is 0.302 e. The lowest BCUT2D eigenvalue weighted by molar-refractivity contribution is 0.0625. The van der Waals surface area contributed by atoms with E-state index in [4.69, 9.17) is 0 Å². The smallest absolute Gasteiger partial charge is 0.0465 e. The second-order valence-corrected chi connectivity index (χ2v) is 6.68. The molecule has 1 aromatic rings. The van der Waals surface area contributed by atoms with Crippen LogP contribution in [0.1, 0.15) is 42.9 Å². The van der Waals surface area contributed by atoms with Gasteiger partial charge in [0.1, 0.15) is 0 Å². The number of benzene rings is 1. The van der Waals surface area contributed by atoms with Crippen LogP contribution in [0.25, 0.3) is 0 Å². The maximum Gasteiger partial charge on any atom is 0.0465 e. The number of aryl methyl sites for hydroxylation is 1. The van der Waals surface area contributed by atoms with Gasteiger partial charge in [-0.1, -0.05) is 24.3 Å². The van der Waals surface area contributed by atoms with Gasteiger partial charge >= 0.3 is 0 Å². The van der Waals surface area contributed by atoms with Gasteiger partial charge in [0.15, 0.2) is 0 Å². The Hall–Kier alpha value is -0.900. The van der Waals surface area contributed by atoms with E-state index in [1.165, 1.54) is 62.9 Å². The van der Waals surface area contributed by atoms with Gasteiger partial charge in [-0.15, -0.1) is 0 Å². The van der Waals surface area contributed by atoms with Crippen molar-refractivity contribution in [2.45, 2.75) is 44.2 Å². The summed E-state index contributed by atoms with van der Waals surface area (Å²) in [4.78, 5) is 2.61. The molecule has 1 unspecified atom stereocenters. The average molecular weight is 271 g/mol. The highest BCUT2D eigenvalue weighted by molar-refractivity contribution is 5.31. The van der Waals surface area contributed by atoms with Gasteiger partial charge in [0.25, 0.3) is 0 Å². The molecule has 2 N–H and O–H groups in total. The van der Waals surface area contributed by atoms with Crippen molar-refractivity contribution in [2.75, 3.05) is 19.6 Å². The molecule has 108 valence electrons. The van der Waals surface area contributed by atoms with Gasteiger partial charge in [0, 0.05) is 18.6 Å². The van der Waals surface area contributed by atoms with Crippen molar-refractivity contribution in [2.24, 2.45) is 5.92 Å². The quantitative estimate of drug-likeness (QED) is 0.826. The predicted octanol–water partition coefficient (Wildman–Crippen LogP) is 2.25. The van der Waals surface area contributed by atoms with E-state index >= 15 is 0 Å². The fraction of sp³-hybridized carbons (Fsp3) is 0.647. The Balaban J connectivity index is 1.41. The number of nitrogens with zero attached hydrogens (tertiary/aromatic N) is 1. The van der Waals surface area contributed by atoms with Crippen LogP contribution in [-0.4, -0.2) is 30.6 Å². The molecule has 20 heavy (non-hydrogen) atoms. The third kappa shape index (κ3) is 2.39. The van der Waals surface area contributed by atoms with E-state index in [1.807, 2.05) is 0 Å². The minimum Gasteiger partial charge on any atom is -0.302 e. The number of hydrogen-bond acceptors (Lipinski definition) is 3. The lowest BCUT2D eigenvalue weighted by atomic mass is 9.84. The molecular weight excluding hydrogens is 246 g/mol. The Morgan fingerprint density at radius 2 is 1.85 bits per heavy atom. The SMILES string of the molecule is c1ccc2c(c1)CCC[C@H]2NNC1CN2CCC1CC2. The van der Waals surface area contributed by atoms with E-state index in [1.54, 1.807) is 0 Å². The predicted molar refractivity (Wildman–Crippen MR) is 81.3 cm³/mol. The molecule has 0 spiro atoms. The molecule has 2 atom stereocenters. The first-order valence-electron chi connectivity index (χ1n) is 8.21. The number of rotatable bonds is 3. The summed E-state index contributed by atoms with van der Waals surface area (Å²) >= 11 is 0. The Morgan fingerprint density at radius 3 is 2.65 bits per heavy atom. The van der Waals surface area contributed by atoms with Gasteiger partial charge in [-0.2, -0.15) is 0 Å². The molecule has 2 bridgehead atoms. The molecule has 3 aliphatic heterocycles. The maximum atomic E-state index is 3.67. The van der Waals surface area contributed by atoms with Crippen LogP contribution in [0.2, 0.25) is 0 Å². The Kier molecular flexibility index (Phi) is 3.51. The van der Waals surface area contributed by atoms with Crippen LogP contribution >= 0.6 is 0 Å². The Morgan fingerprint density at radius 1 is 1.00 bits per heavy atom.